The quantitative estimate of drug-likeness (QED) is 0.794. The van der Waals surface area contributed by atoms with Crippen LogP contribution in [0.1, 0.15) is 49.8 Å². The smallest absolute Gasteiger partial charge is 0.145 e. The number of benzene rings is 1. The van der Waals surface area contributed by atoms with E-state index in [1.807, 2.05) is 24.3 Å². The Hall–Kier alpha value is -1.07. The highest BCUT2D eigenvalue weighted by Gasteiger charge is 2.33. The minimum Gasteiger partial charge on any atom is -0.373 e. The predicted molar refractivity (Wildman–Crippen MR) is 101 cm³/mol. The molecule has 0 radical (unpaired) electrons. The fourth-order valence-electron chi connectivity index (χ4n) is 3.43. The lowest BCUT2D eigenvalue weighted by Gasteiger charge is -2.28. The van der Waals surface area contributed by atoms with Crippen LogP contribution in [0.3, 0.4) is 0 Å². The van der Waals surface area contributed by atoms with Gasteiger partial charge in [0.1, 0.15) is 11.5 Å². The molecule has 136 valence electrons. The molecule has 0 spiro atoms. The van der Waals surface area contributed by atoms with E-state index in [-0.39, 0.29) is 12.4 Å². The first-order valence-electron chi connectivity index (χ1n) is 8.80. The number of aromatic nitrogens is 1. The van der Waals surface area contributed by atoms with Gasteiger partial charge in [0.2, 0.25) is 0 Å². The predicted octanol–water partition coefficient (Wildman–Crippen LogP) is 4.95. The Balaban J connectivity index is 0.00000182. The lowest BCUT2D eigenvalue weighted by molar-refractivity contribution is 0.0122. The molecule has 1 aliphatic heterocycles. The van der Waals surface area contributed by atoms with Gasteiger partial charge in [-0.1, -0.05) is 35.0 Å². The van der Waals surface area contributed by atoms with Crippen molar-refractivity contribution in [1.29, 1.82) is 0 Å². The van der Waals surface area contributed by atoms with E-state index in [2.05, 4.69) is 17.4 Å². The van der Waals surface area contributed by atoms with Crippen molar-refractivity contribution in [1.82, 2.24) is 10.5 Å². The van der Waals surface area contributed by atoms with Crippen LogP contribution < -0.4 is 5.32 Å². The maximum absolute atomic E-state index is 6.37. The average Bonchev–Trinajstić information content (AvgIpc) is 3.34. The standard InChI is InChI=1S/C19H23ClN2O2.ClH/c1-12-10-14(8-9-21-12)23-11-16-18(15-4-2-3-5-17(15)20)22-24-19(16)13-6-7-13;/h2-5,12-14,21H,6-11H2,1H3;1H/t12-,14-;/m1./s1. The lowest BCUT2D eigenvalue weighted by atomic mass is 10.0. The molecule has 0 amide bonds. The molecule has 2 heterocycles. The molecule has 0 bridgehead atoms. The first-order valence-corrected chi connectivity index (χ1v) is 9.18. The molecule has 2 aromatic rings. The molecule has 25 heavy (non-hydrogen) atoms. The van der Waals surface area contributed by atoms with Crippen LogP contribution in [0.2, 0.25) is 5.02 Å². The van der Waals surface area contributed by atoms with E-state index >= 15 is 0 Å². The average molecular weight is 383 g/mol. The van der Waals surface area contributed by atoms with E-state index in [0.717, 1.165) is 42.0 Å². The Morgan fingerprint density at radius 2 is 2.08 bits per heavy atom. The first kappa shape index (κ1) is 18.7. The molecule has 2 aliphatic rings. The van der Waals surface area contributed by atoms with Crippen molar-refractivity contribution in [3.8, 4) is 11.3 Å². The molecule has 2 fully saturated rings. The molecule has 1 saturated heterocycles. The zero-order valence-electron chi connectivity index (χ0n) is 14.3. The van der Waals surface area contributed by atoms with Gasteiger partial charge in [-0.05, 0) is 45.2 Å². The summed E-state index contributed by atoms with van der Waals surface area (Å²) in [7, 11) is 0. The number of hydrogen-bond donors (Lipinski definition) is 1. The highest BCUT2D eigenvalue weighted by atomic mass is 35.5. The Labute approximate surface area is 159 Å². The molecule has 6 heteroatoms. The van der Waals surface area contributed by atoms with Crippen molar-refractivity contribution in [3.63, 3.8) is 0 Å². The molecule has 1 aliphatic carbocycles. The normalized spacial score (nSPS) is 23.3. The molecule has 4 nitrogen and oxygen atoms in total. The Kier molecular flexibility index (Phi) is 6.05. The van der Waals surface area contributed by atoms with Gasteiger partial charge in [-0.25, -0.2) is 0 Å². The highest BCUT2D eigenvalue weighted by Crippen LogP contribution is 2.45. The second-order valence-corrected chi connectivity index (χ2v) is 7.35. The molecule has 4 rings (SSSR count). The summed E-state index contributed by atoms with van der Waals surface area (Å²) >= 11 is 6.37. The monoisotopic (exact) mass is 382 g/mol. The van der Waals surface area contributed by atoms with Gasteiger partial charge in [-0.2, -0.15) is 0 Å². The summed E-state index contributed by atoms with van der Waals surface area (Å²) in [6.45, 7) is 3.77. The Morgan fingerprint density at radius 1 is 1.28 bits per heavy atom. The summed E-state index contributed by atoms with van der Waals surface area (Å²) in [5.74, 6) is 1.49. The van der Waals surface area contributed by atoms with Crippen molar-refractivity contribution in [3.05, 3.63) is 40.6 Å². The third-order valence-electron chi connectivity index (χ3n) is 4.93. The molecular weight excluding hydrogens is 359 g/mol. The summed E-state index contributed by atoms with van der Waals surface area (Å²) in [4.78, 5) is 0. The topological polar surface area (TPSA) is 47.3 Å². The minimum absolute atomic E-state index is 0. The van der Waals surface area contributed by atoms with Crippen molar-refractivity contribution < 1.29 is 9.26 Å². The van der Waals surface area contributed by atoms with E-state index in [1.54, 1.807) is 0 Å². The maximum Gasteiger partial charge on any atom is 0.145 e. The maximum atomic E-state index is 6.37. The molecule has 0 unspecified atom stereocenters. The number of nitrogens with zero attached hydrogens (tertiary/aromatic N) is 1. The fraction of sp³-hybridized carbons (Fsp3) is 0.526. The van der Waals surface area contributed by atoms with E-state index in [9.17, 15) is 0 Å². The van der Waals surface area contributed by atoms with Crippen LogP contribution >= 0.6 is 24.0 Å². The van der Waals surface area contributed by atoms with Crippen LogP contribution in [-0.2, 0) is 11.3 Å². The van der Waals surface area contributed by atoms with E-state index < -0.39 is 0 Å². The minimum atomic E-state index is 0. The highest BCUT2D eigenvalue weighted by molar-refractivity contribution is 6.33. The third kappa shape index (κ3) is 4.20. The number of hydrogen-bond acceptors (Lipinski definition) is 4. The van der Waals surface area contributed by atoms with Crippen molar-refractivity contribution in [2.75, 3.05) is 6.54 Å². The van der Waals surface area contributed by atoms with Crippen molar-refractivity contribution in [2.24, 2.45) is 0 Å². The molecular formula is C19H24Cl2N2O2. The number of nitrogens with one attached hydrogen (secondary N) is 1. The number of ether oxygens (including phenoxy) is 1. The van der Waals surface area contributed by atoms with E-state index in [1.165, 1.54) is 12.8 Å². The first-order chi connectivity index (χ1) is 11.7. The van der Waals surface area contributed by atoms with E-state index in [4.69, 9.17) is 20.9 Å². The van der Waals surface area contributed by atoms with Crippen LogP contribution in [-0.4, -0.2) is 23.8 Å². The SMILES string of the molecule is C[C@@H]1C[C@H](OCc2c(-c3ccccc3Cl)noc2C2CC2)CCN1.Cl. The Bertz CT molecular complexity index is 715. The zero-order valence-corrected chi connectivity index (χ0v) is 15.9. The van der Waals surface area contributed by atoms with Crippen LogP contribution in [0.5, 0.6) is 0 Å². The summed E-state index contributed by atoms with van der Waals surface area (Å²) in [5.41, 5.74) is 2.84. The number of piperidine rings is 1. The van der Waals surface area contributed by atoms with Crippen LogP contribution in [0.15, 0.2) is 28.8 Å². The molecule has 1 N–H and O–H groups in total. The molecule has 1 aromatic heterocycles. The number of rotatable bonds is 5. The summed E-state index contributed by atoms with van der Waals surface area (Å²) in [5, 5.41) is 8.50. The van der Waals surface area contributed by atoms with Crippen molar-refractivity contribution in [2.45, 2.75) is 57.3 Å². The second kappa shape index (κ2) is 8.09. The fourth-order valence-corrected chi connectivity index (χ4v) is 3.66. The van der Waals surface area contributed by atoms with Gasteiger partial charge in [-0.3, -0.25) is 0 Å². The largest absolute Gasteiger partial charge is 0.373 e. The van der Waals surface area contributed by atoms with Gasteiger partial charge >= 0.3 is 0 Å². The lowest BCUT2D eigenvalue weighted by Crippen LogP contribution is -2.39. The number of halogens is 2. The summed E-state index contributed by atoms with van der Waals surface area (Å²) < 4.78 is 11.9. The van der Waals surface area contributed by atoms with Gasteiger partial charge in [0.25, 0.3) is 0 Å². The second-order valence-electron chi connectivity index (χ2n) is 6.94. The van der Waals surface area contributed by atoms with Gasteiger partial charge in [0.15, 0.2) is 0 Å². The van der Waals surface area contributed by atoms with Crippen molar-refractivity contribution >= 4 is 24.0 Å². The Morgan fingerprint density at radius 3 is 2.80 bits per heavy atom. The summed E-state index contributed by atoms with van der Waals surface area (Å²) in [6.07, 6.45) is 4.74. The molecule has 2 atom stereocenters. The van der Waals surface area contributed by atoms with E-state index in [0.29, 0.717) is 29.7 Å². The molecule has 1 saturated carbocycles. The molecule has 1 aromatic carbocycles. The third-order valence-corrected chi connectivity index (χ3v) is 5.26. The van der Waals surface area contributed by atoms with Crippen LogP contribution in [0.4, 0.5) is 0 Å². The zero-order chi connectivity index (χ0) is 16.5. The van der Waals surface area contributed by atoms with Gasteiger partial charge in [0, 0.05) is 23.1 Å². The van der Waals surface area contributed by atoms with Crippen LogP contribution in [0.25, 0.3) is 11.3 Å². The summed E-state index contributed by atoms with van der Waals surface area (Å²) in [6, 6.07) is 8.30. The van der Waals surface area contributed by atoms with Gasteiger partial charge < -0.3 is 14.6 Å². The van der Waals surface area contributed by atoms with Gasteiger partial charge in [-0.15, -0.1) is 12.4 Å². The van der Waals surface area contributed by atoms with Crippen LogP contribution in [0, 0.1) is 0 Å². The van der Waals surface area contributed by atoms with Gasteiger partial charge in [0.05, 0.1) is 17.7 Å².